The van der Waals surface area contributed by atoms with Crippen molar-refractivity contribution in [2.45, 2.75) is 30.2 Å². The average molecular weight is 441 g/mol. The first-order valence-corrected chi connectivity index (χ1v) is 12.4. The van der Waals surface area contributed by atoms with E-state index in [0.29, 0.717) is 22.2 Å². The van der Waals surface area contributed by atoms with Crippen LogP contribution in [0.5, 0.6) is 0 Å². The molecule has 1 aromatic heterocycles. The largest absolute Gasteiger partial charge is 0.378 e. The van der Waals surface area contributed by atoms with Gasteiger partial charge >= 0.3 is 0 Å². The second-order valence-corrected chi connectivity index (χ2v) is 10.6. The molecule has 2 aliphatic rings. The summed E-state index contributed by atoms with van der Waals surface area (Å²) in [5.41, 5.74) is 5.47. The van der Waals surface area contributed by atoms with Crippen molar-refractivity contribution >= 4 is 26.6 Å². The molecule has 0 spiro atoms. The lowest BCUT2D eigenvalue weighted by Crippen LogP contribution is -2.29. The van der Waals surface area contributed by atoms with Crippen LogP contribution in [0.1, 0.15) is 35.1 Å². The predicted molar refractivity (Wildman–Crippen MR) is 128 cm³/mol. The number of allylic oxidation sites excluding steroid dienone is 2. The standard InChI is InChI=1S/C27H24N2O2S/c1-18-14-15-25-23(16-18)20-11-7-12-22(20)27(28-25)24-17-29(26-13-6-5-10-21(24)26)32(30,31)19-8-3-2-4-9-19/h2-11,13-17,20,22,27-28H,12H2,1H3/t20-,22+,27-/m0/s1. The van der Waals surface area contributed by atoms with Gasteiger partial charge < -0.3 is 5.32 Å². The summed E-state index contributed by atoms with van der Waals surface area (Å²) in [4.78, 5) is 0.296. The molecule has 0 fully saturated rings. The lowest BCUT2D eigenvalue weighted by molar-refractivity contribution is 0.427. The van der Waals surface area contributed by atoms with Gasteiger partial charge in [0.2, 0.25) is 0 Å². The Hall–Kier alpha value is -3.31. The zero-order valence-electron chi connectivity index (χ0n) is 17.8. The summed E-state index contributed by atoms with van der Waals surface area (Å²) in [6.45, 7) is 2.13. The zero-order valence-corrected chi connectivity index (χ0v) is 18.6. The van der Waals surface area contributed by atoms with Gasteiger partial charge in [0, 0.05) is 28.8 Å². The summed E-state index contributed by atoms with van der Waals surface area (Å²) in [6, 6.07) is 23.0. The molecule has 5 heteroatoms. The molecule has 32 heavy (non-hydrogen) atoms. The third-order valence-electron chi connectivity index (χ3n) is 6.86. The molecule has 1 aliphatic heterocycles. The van der Waals surface area contributed by atoms with E-state index < -0.39 is 10.0 Å². The highest BCUT2D eigenvalue weighted by Gasteiger charge is 2.39. The number of benzene rings is 3. The molecule has 0 bridgehead atoms. The fraction of sp³-hybridized carbons (Fsp3) is 0.185. The number of para-hydroxylation sites is 1. The van der Waals surface area contributed by atoms with Gasteiger partial charge in [-0.3, -0.25) is 0 Å². The number of hydrogen-bond donors (Lipinski definition) is 1. The van der Waals surface area contributed by atoms with Crippen molar-refractivity contribution in [3.05, 3.63) is 108 Å². The first-order chi connectivity index (χ1) is 15.5. The Bertz CT molecular complexity index is 1470. The third-order valence-corrected chi connectivity index (χ3v) is 8.55. The van der Waals surface area contributed by atoms with Crippen LogP contribution in [0.25, 0.3) is 10.9 Å². The van der Waals surface area contributed by atoms with E-state index in [-0.39, 0.29) is 6.04 Å². The quantitative estimate of drug-likeness (QED) is 0.397. The summed E-state index contributed by atoms with van der Waals surface area (Å²) >= 11 is 0. The molecule has 6 rings (SSSR count). The van der Waals surface area contributed by atoms with E-state index in [9.17, 15) is 8.42 Å². The summed E-state index contributed by atoms with van der Waals surface area (Å²) in [7, 11) is -3.70. The van der Waals surface area contributed by atoms with E-state index in [2.05, 4.69) is 42.6 Å². The van der Waals surface area contributed by atoms with Crippen LogP contribution in [0.2, 0.25) is 0 Å². The highest BCUT2D eigenvalue weighted by molar-refractivity contribution is 7.90. The molecule has 3 aromatic carbocycles. The van der Waals surface area contributed by atoms with E-state index in [0.717, 1.165) is 23.1 Å². The highest BCUT2D eigenvalue weighted by Crippen LogP contribution is 2.51. The minimum atomic E-state index is -3.70. The van der Waals surface area contributed by atoms with Gasteiger partial charge in [0.05, 0.1) is 16.5 Å². The van der Waals surface area contributed by atoms with Crippen LogP contribution in [0, 0.1) is 12.8 Å². The highest BCUT2D eigenvalue weighted by atomic mass is 32.2. The first kappa shape index (κ1) is 19.4. The minimum Gasteiger partial charge on any atom is -0.378 e. The first-order valence-electron chi connectivity index (χ1n) is 11.0. The van der Waals surface area contributed by atoms with Crippen LogP contribution in [0.3, 0.4) is 0 Å². The van der Waals surface area contributed by atoms with Crippen LogP contribution in [0.15, 0.2) is 96.0 Å². The number of hydrogen-bond acceptors (Lipinski definition) is 3. The number of fused-ring (bicyclic) bond motifs is 4. The maximum absolute atomic E-state index is 13.5. The maximum Gasteiger partial charge on any atom is 0.268 e. The van der Waals surface area contributed by atoms with E-state index in [1.807, 2.05) is 36.5 Å². The van der Waals surface area contributed by atoms with Crippen molar-refractivity contribution in [2.75, 3.05) is 5.32 Å². The number of aromatic nitrogens is 1. The molecule has 0 radical (unpaired) electrons. The topological polar surface area (TPSA) is 51.1 Å². The third kappa shape index (κ3) is 2.84. The lowest BCUT2D eigenvalue weighted by atomic mass is 9.76. The Morgan fingerprint density at radius 3 is 2.56 bits per heavy atom. The molecular formula is C27H24N2O2S. The van der Waals surface area contributed by atoms with Crippen molar-refractivity contribution in [3.8, 4) is 0 Å². The van der Waals surface area contributed by atoms with Gasteiger partial charge in [-0.2, -0.15) is 0 Å². The minimum absolute atomic E-state index is 0.0299. The van der Waals surface area contributed by atoms with Crippen molar-refractivity contribution in [1.82, 2.24) is 3.97 Å². The molecule has 4 aromatic rings. The molecule has 160 valence electrons. The maximum atomic E-state index is 13.5. The van der Waals surface area contributed by atoms with Gasteiger partial charge in [0.1, 0.15) is 0 Å². The van der Waals surface area contributed by atoms with E-state index in [1.54, 1.807) is 24.3 Å². The lowest BCUT2D eigenvalue weighted by Gasteiger charge is -2.37. The molecule has 2 heterocycles. The van der Waals surface area contributed by atoms with Crippen LogP contribution in [-0.4, -0.2) is 12.4 Å². The Balaban J connectivity index is 1.53. The number of aryl methyl sites for hydroxylation is 1. The Labute approximate surface area is 188 Å². The summed E-state index contributed by atoms with van der Waals surface area (Å²) in [5.74, 6) is 0.687. The summed E-state index contributed by atoms with van der Waals surface area (Å²) < 4.78 is 28.5. The Kier molecular flexibility index (Phi) is 4.30. The normalized spacial score (nSPS) is 21.8. The molecule has 0 unspecified atom stereocenters. The van der Waals surface area contributed by atoms with Crippen LogP contribution in [-0.2, 0) is 10.0 Å². The summed E-state index contributed by atoms with van der Waals surface area (Å²) in [6.07, 6.45) is 7.39. The molecule has 0 amide bonds. The van der Waals surface area contributed by atoms with Gasteiger partial charge in [0.15, 0.2) is 0 Å². The van der Waals surface area contributed by atoms with Crippen molar-refractivity contribution in [2.24, 2.45) is 5.92 Å². The number of anilines is 1. The zero-order chi connectivity index (χ0) is 21.9. The Morgan fingerprint density at radius 2 is 1.72 bits per heavy atom. The number of rotatable bonds is 3. The van der Waals surface area contributed by atoms with Gasteiger partial charge in [-0.1, -0.05) is 66.2 Å². The van der Waals surface area contributed by atoms with Crippen LogP contribution in [0.4, 0.5) is 5.69 Å². The van der Waals surface area contributed by atoms with Gasteiger partial charge in [0.25, 0.3) is 10.0 Å². The smallest absolute Gasteiger partial charge is 0.268 e. The molecular weight excluding hydrogens is 416 g/mol. The number of nitrogens with zero attached hydrogens (tertiary/aromatic N) is 1. The van der Waals surface area contributed by atoms with Crippen LogP contribution >= 0.6 is 0 Å². The molecule has 0 saturated heterocycles. The fourth-order valence-electron chi connectivity index (χ4n) is 5.35. The second kappa shape index (κ2) is 7.10. The fourth-order valence-corrected chi connectivity index (χ4v) is 6.75. The van der Waals surface area contributed by atoms with Gasteiger partial charge in [-0.15, -0.1) is 0 Å². The molecule has 0 saturated carbocycles. The van der Waals surface area contributed by atoms with E-state index in [1.165, 1.54) is 15.1 Å². The molecule has 4 nitrogen and oxygen atoms in total. The SMILES string of the molecule is Cc1ccc2c(c1)[C@H]1C=CC[C@H]1[C@@H](c1cn(S(=O)(=O)c3ccccc3)c3ccccc13)N2. The van der Waals surface area contributed by atoms with E-state index in [4.69, 9.17) is 0 Å². The van der Waals surface area contributed by atoms with Gasteiger partial charge in [-0.25, -0.2) is 12.4 Å². The second-order valence-electron chi connectivity index (χ2n) is 8.78. The van der Waals surface area contributed by atoms with Crippen molar-refractivity contribution in [3.63, 3.8) is 0 Å². The van der Waals surface area contributed by atoms with Crippen molar-refractivity contribution < 1.29 is 8.42 Å². The predicted octanol–water partition coefficient (Wildman–Crippen LogP) is 6.01. The number of nitrogens with one attached hydrogen (secondary N) is 1. The van der Waals surface area contributed by atoms with Crippen LogP contribution < -0.4 is 5.32 Å². The van der Waals surface area contributed by atoms with E-state index >= 15 is 0 Å². The average Bonchev–Trinajstić information content (AvgIpc) is 3.45. The Morgan fingerprint density at radius 1 is 0.938 bits per heavy atom. The summed E-state index contributed by atoms with van der Waals surface area (Å²) in [5, 5.41) is 4.74. The monoisotopic (exact) mass is 440 g/mol. The molecule has 1 N–H and O–H groups in total. The molecule has 3 atom stereocenters. The molecule has 1 aliphatic carbocycles. The van der Waals surface area contributed by atoms with Gasteiger partial charge in [-0.05, 0) is 49.1 Å². The van der Waals surface area contributed by atoms with Crippen molar-refractivity contribution in [1.29, 1.82) is 0 Å².